The van der Waals surface area contributed by atoms with Crippen molar-refractivity contribution in [1.29, 1.82) is 0 Å². The van der Waals surface area contributed by atoms with Crippen LogP contribution >= 0.6 is 99.9 Å². The molecule has 1 aliphatic carbocycles. The number of thiophene rings is 6. The standard InChI is InChI=1S/C41H52S3Si2.C32H44Br2S2Si2.C4H5BO2S/c1-26(2)45(27(3)4,28(5)6)22-19-33-35-24-38(32-16-13-14-17-32)43-40(35)34(20-23-46(29(7)8,30(9)10)31(11)12)36-25-39(44-41(33)36)37-18-15-21-42-37;1-19(2)37(20(3)4,21(5)6)15-13-25-27-17-29(33)36-32(27)26(28-18-30(34)35-31(25)28)14-16-38(22(7)8,23(9)10)24(11)12;6-5(7)4-2-1-3-8-4/h13-16,18,21,24-31H,17H2,1-12H3;17-24H,1-12H3;1-3,6-7H. The molecule has 1 aliphatic rings. The van der Waals surface area contributed by atoms with E-state index in [1.54, 1.807) is 17.5 Å². The van der Waals surface area contributed by atoms with Gasteiger partial charge in [-0.3, -0.25) is 0 Å². The Morgan fingerprint density at radius 2 is 0.696 bits per heavy atom. The molecule has 2 nitrogen and oxygen atoms in total. The molecule has 0 spiro atoms. The molecule has 0 saturated heterocycles. The van der Waals surface area contributed by atoms with Crippen molar-refractivity contribution >= 4 is 190 Å². The van der Waals surface area contributed by atoms with Crippen LogP contribution in [0.5, 0.6) is 0 Å². The summed E-state index contributed by atoms with van der Waals surface area (Å²) < 4.78 is 8.08. The van der Waals surface area contributed by atoms with Gasteiger partial charge in [-0.25, -0.2) is 0 Å². The second-order valence-corrected chi connectivity index (χ2v) is 60.3. The highest BCUT2D eigenvalue weighted by Gasteiger charge is 2.45. The van der Waals surface area contributed by atoms with Gasteiger partial charge in [0.2, 0.25) is 0 Å². The Kier molecular flexibility index (Phi) is 26.5. The second-order valence-electron chi connectivity index (χ2n) is 29.1. The van der Waals surface area contributed by atoms with Crippen molar-refractivity contribution in [3.05, 3.63) is 112 Å². The first kappa shape index (κ1) is 76.6. The molecule has 0 fully saturated rings. The van der Waals surface area contributed by atoms with Gasteiger partial charge in [-0.05, 0) is 151 Å². The third-order valence-corrected chi connectivity index (χ3v) is 53.4. The normalized spacial score (nSPS) is 13.2. The highest BCUT2D eigenvalue weighted by Crippen LogP contribution is 2.50. The summed E-state index contributed by atoms with van der Waals surface area (Å²) in [6, 6.07) is 17.3. The van der Waals surface area contributed by atoms with Crippen LogP contribution in [0.25, 0.3) is 55.7 Å². The van der Waals surface area contributed by atoms with Crippen LogP contribution in [0.3, 0.4) is 0 Å². The highest BCUT2D eigenvalue weighted by molar-refractivity contribution is 9.11. The number of benzene rings is 2. The van der Waals surface area contributed by atoms with Gasteiger partial charge in [0.15, 0.2) is 0 Å². The van der Waals surface area contributed by atoms with E-state index in [-0.39, 0.29) is 0 Å². The zero-order chi connectivity index (χ0) is 68.3. The summed E-state index contributed by atoms with van der Waals surface area (Å²) in [4.78, 5) is 4.02. The summed E-state index contributed by atoms with van der Waals surface area (Å²) in [5, 5.41) is 26.1. The van der Waals surface area contributed by atoms with Gasteiger partial charge in [0.05, 0.1) is 48.6 Å². The number of halogens is 2. The third kappa shape index (κ3) is 15.2. The van der Waals surface area contributed by atoms with Gasteiger partial charge in [0.1, 0.15) is 32.3 Å². The van der Waals surface area contributed by atoms with Gasteiger partial charge in [0, 0.05) is 41.0 Å². The minimum atomic E-state index is -1.94. The summed E-state index contributed by atoms with van der Waals surface area (Å²) in [7, 11) is -8.89. The van der Waals surface area contributed by atoms with Crippen LogP contribution in [-0.2, 0) is 0 Å². The number of allylic oxidation sites excluding steroid dienone is 4. The lowest BCUT2D eigenvalue weighted by atomic mass is 9.90. The quantitative estimate of drug-likeness (QED) is 0.0793. The molecule has 0 unspecified atom stereocenters. The van der Waals surface area contributed by atoms with Gasteiger partial charge >= 0.3 is 7.12 Å². The van der Waals surface area contributed by atoms with Crippen LogP contribution < -0.4 is 4.78 Å². The van der Waals surface area contributed by atoms with E-state index in [0.29, 0.717) is 71.3 Å². The zero-order valence-electron chi connectivity index (χ0n) is 59.3. The summed E-state index contributed by atoms with van der Waals surface area (Å²) >= 11 is 18.3. The van der Waals surface area contributed by atoms with Gasteiger partial charge in [-0.15, -0.1) is 78.9 Å². The van der Waals surface area contributed by atoms with Crippen molar-refractivity contribution < 1.29 is 10.0 Å². The summed E-state index contributed by atoms with van der Waals surface area (Å²) in [5.74, 6) is 15.7. The molecule has 92 heavy (non-hydrogen) atoms. The summed E-state index contributed by atoms with van der Waals surface area (Å²) in [6.07, 6.45) is 7.77. The molecule has 0 radical (unpaired) electrons. The van der Waals surface area contributed by atoms with Gasteiger partial charge in [-0.1, -0.05) is 226 Å². The van der Waals surface area contributed by atoms with Gasteiger partial charge in [-0.2, -0.15) is 11.3 Å². The van der Waals surface area contributed by atoms with Crippen molar-refractivity contribution in [3.63, 3.8) is 0 Å². The molecule has 2 N–H and O–H groups in total. The van der Waals surface area contributed by atoms with E-state index in [4.69, 9.17) is 10.0 Å². The predicted molar refractivity (Wildman–Crippen MR) is 441 cm³/mol. The maximum Gasteiger partial charge on any atom is 0.499 e. The molecule has 15 heteroatoms. The first-order chi connectivity index (χ1) is 43.2. The van der Waals surface area contributed by atoms with Crippen molar-refractivity contribution in [3.8, 4) is 55.6 Å². The second kappa shape index (κ2) is 31.8. The molecule has 2 aromatic carbocycles. The van der Waals surface area contributed by atoms with Gasteiger partial charge < -0.3 is 10.0 Å². The van der Waals surface area contributed by atoms with Crippen LogP contribution in [0, 0.1) is 45.9 Å². The Morgan fingerprint density at radius 1 is 0.391 bits per heavy atom. The van der Waals surface area contributed by atoms with Crippen LogP contribution in [0.1, 0.15) is 200 Å². The van der Waals surface area contributed by atoms with Crippen LogP contribution in [0.15, 0.2) is 85.1 Å². The lowest BCUT2D eigenvalue weighted by Gasteiger charge is -2.38. The molecule has 0 atom stereocenters. The molecular weight excluding hydrogens is 1430 g/mol. The molecule has 8 aromatic rings. The molecule has 490 valence electrons. The van der Waals surface area contributed by atoms with Crippen LogP contribution in [0.4, 0.5) is 0 Å². The largest absolute Gasteiger partial charge is 0.499 e. The van der Waals surface area contributed by atoms with Gasteiger partial charge in [0.25, 0.3) is 0 Å². The Morgan fingerprint density at radius 3 is 0.967 bits per heavy atom. The molecule has 6 aromatic heterocycles. The lowest BCUT2D eigenvalue weighted by Crippen LogP contribution is -2.43. The minimum absolute atomic E-state index is 0.588. The van der Waals surface area contributed by atoms with E-state index >= 15 is 0 Å². The van der Waals surface area contributed by atoms with Crippen molar-refractivity contribution in [2.75, 3.05) is 0 Å². The van der Waals surface area contributed by atoms with Crippen molar-refractivity contribution in [2.45, 2.75) is 239 Å². The predicted octanol–water partition coefficient (Wildman–Crippen LogP) is 26.5. The molecule has 6 heterocycles. The average Bonchev–Trinajstić information content (AvgIpc) is 1.55. The maximum absolute atomic E-state index is 8.48. The fraction of sp³-hybridized carbons (Fsp3) is 0.481. The molecule has 0 bridgehead atoms. The molecule has 0 saturated carbocycles. The van der Waals surface area contributed by atoms with E-state index in [9.17, 15) is 0 Å². The van der Waals surface area contributed by atoms with Crippen molar-refractivity contribution in [1.82, 2.24) is 0 Å². The van der Waals surface area contributed by atoms with E-state index in [2.05, 4.69) is 304 Å². The maximum atomic E-state index is 8.48. The Hall–Kier alpha value is -2.79. The molecular formula is C77H101BBr2O2S6Si4. The number of rotatable bonds is 15. The zero-order valence-corrected chi connectivity index (χ0v) is 71.4. The fourth-order valence-corrected chi connectivity index (χ4v) is 44.0. The average molecular weight is 1530 g/mol. The first-order valence-electron chi connectivity index (χ1n) is 33.5. The number of hydrogen-bond acceptors (Lipinski definition) is 8. The third-order valence-electron chi connectivity index (χ3n) is 20.6. The Labute approximate surface area is 600 Å². The first-order valence-corrected chi connectivity index (χ1v) is 49.0. The van der Waals surface area contributed by atoms with Crippen LogP contribution in [0.2, 0.25) is 66.5 Å². The highest BCUT2D eigenvalue weighted by atomic mass is 79.9. The van der Waals surface area contributed by atoms with Crippen molar-refractivity contribution in [2.24, 2.45) is 0 Å². The SMILES string of the molecule is CC(C)[Si](C#Cc1c2cc(-c3cccs3)sc2c(C#C[Si](C(C)C)(C(C)C)C(C)C)c2cc(C3=CC=CC3)sc12)(C(C)C)C(C)C.CC(C)[Si](C#Cc1c2cc(Br)sc2c(C#C[Si](C(C)C)(C(C)C)C(C)C)c2cc(Br)sc12)(C(C)C)C(C)C.OB(O)c1cccs1. The van der Waals surface area contributed by atoms with E-state index in [0.717, 1.165) is 14.0 Å². The molecule has 0 aliphatic heterocycles. The Bertz CT molecular complexity index is 3830. The fourth-order valence-electron chi connectivity index (χ4n) is 16.2. The number of hydrogen-bond donors (Lipinski definition) is 2. The smallest absolute Gasteiger partial charge is 0.423 e. The van der Waals surface area contributed by atoms with E-state index in [1.165, 1.54) is 94.1 Å². The lowest BCUT2D eigenvalue weighted by molar-refractivity contribution is 0.427. The van der Waals surface area contributed by atoms with E-state index < -0.39 is 39.4 Å². The topological polar surface area (TPSA) is 40.5 Å². The van der Waals surface area contributed by atoms with E-state index in [1.807, 2.05) is 56.7 Å². The summed E-state index contributed by atoms with van der Waals surface area (Å²) in [6.45, 7) is 57.7. The molecule has 9 rings (SSSR count). The monoisotopic (exact) mass is 1530 g/mol. The van der Waals surface area contributed by atoms with Crippen LogP contribution in [-0.4, -0.2) is 49.5 Å². The minimum Gasteiger partial charge on any atom is -0.423 e. The molecule has 0 amide bonds. The Balaban J connectivity index is 0.000000236. The summed E-state index contributed by atoms with van der Waals surface area (Å²) in [5.41, 5.74) is 29.7. The number of fused-ring (bicyclic) bond motifs is 4.